The first-order valence-corrected chi connectivity index (χ1v) is 9.09. The summed E-state index contributed by atoms with van der Waals surface area (Å²) in [5, 5.41) is 12.1. The minimum Gasteiger partial charge on any atom is -0.376 e. The number of hydrogen-bond acceptors (Lipinski definition) is 5. The predicted octanol–water partition coefficient (Wildman–Crippen LogP) is 2.18. The molecular weight excluding hydrogens is 324 g/mol. The van der Waals surface area contributed by atoms with Crippen molar-refractivity contribution in [3.05, 3.63) is 29.8 Å². The second-order valence-electron chi connectivity index (χ2n) is 5.96. The Bertz CT molecular complexity index is 693. The number of amides is 1. The van der Waals surface area contributed by atoms with Gasteiger partial charge in [0.05, 0.1) is 11.9 Å². The lowest BCUT2D eigenvalue weighted by molar-refractivity contribution is -0.119. The third-order valence-electron chi connectivity index (χ3n) is 4.03. The molecule has 1 aromatic carbocycles. The molecule has 1 fully saturated rings. The molecule has 0 radical (unpaired) electrons. The van der Waals surface area contributed by atoms with E-state index < -0.39 is 0 Å². The average molecular weight is 346 g/mol. The van der Waals surface area contributed by atoms with Crippen molar-refractivity contribution in [2.75, 3.05) is 18.9 Å². The SMILES string of the molecule is Cc1ccc(-c2nnc(SCC(=O)NC[C@@H]3CCCO3)n2C)cc1. The van der Waals surface area contributed by atoms with Crippen LogP contribution in [0.5, 0.6) is 0 Å². The van der Waals surface area contributed by atoms with Crippen LogP contribution in [0.15, 0.2) is 29.4 Å². The van der Waals surface area contributed by atoms with Crippen LogP contribution in [0.2, 0.25) is 0 Å². The molecule has 2 heterocycles. The maximum absolute atomic E-state index is 12.0. The maximum Gasteiger partial charge on any atom is 0.230 e. The molecular formula is C17H22N4O2S. The number of rotatable bonds is 6. The summed E-state index contributed by atoms with van der Waals surface area (Å²) in [7, 11) is 1.92. The highest BCUT2D eigenvalue weighted by atomic mass is 32.2. The Balaban J connectivity index is 1.54. The van der Waals surface area contributed by atoms with Crippen LogP contribution in [0.25, 0.3) is 11.4 Å². The van der Waals surface area contributed by atoms with E-state index in [9.17, 15) is 4.79 Å². The third kappa shape index (κ3) is 4.15. The van der Waals surface area contributed by atoms with E-state index in [4.69, 9.17) is 4.74 Å². The van der Waals surface area contributed by atoms with Crippen LogP contribution in [0.1, 0.15) is 18.4 Å². The van der Waals surface area contributed by atoms with Gasteiger partial charge in [-0.3, -0.25) is 4.79 Å². The van der Waals surface area contributed by atoms with Gasteiger partial charge in [0.1, 0.15) is 0 Å². The second kappa shape index (κ2) is 7.81. The van der Waals surface area contributed by atoms with Crippen molar-refractivity contribution in [2.45, 2.75) is 31.0 Å². The first-order chi connectivity index (χ1) is 11.6. The highest BCUT2D eigenvalue weighted by Gasteiger charge is 2.17. The third-order valence-corrected chi connectivity index (χ3v) is 5.05. The lowest BCUT2D eigenvalue weighted by Gasteiger charge is -2.10. The monoisotopic (exact) mass is 346 g/mol. The highest BCUT2D eigenvalue weighted by molar-refractivity contribution is 7.99. The molecule has 1 aliphatic heterocycles. The van der Waals surface area contributed by atoms with Crippen molar-refractivity contribution in [2.24, 2.45) is 7.05 Å². The smallest absolute Gasteiger partial charge is 0.230 e. The fraction of sp³-hybridized carbons (Fsp3) is 0.471. The van der Waals surface area contributed by atoms with Crippen LogP contribution < -0.4 is 5.32 Å². The fourth-order valence-corrected chi connectivity index (χ4v) is 3.35. The summed E-state index contributed by atoms with van der Waals surface area (Å²) in [5.41, 5.74) is 2.23. The van der Waals surface area contributed by atoms with E-state index in [0.717, 1.165) is 36.0 Å². The van der Waals surface area contributed by atoms with E-state index in [2.05, 4.69) is 34.6 Å². The van der Waals surface area contributed by atoms with Gasteiger partial charge in [-0.15, -0.1) is 10.2 Å². The van der Waals surface area contributed by atoms with Gasteiger partial charge in [-0.25, -0.2) is 0 Å². The molecule has 24 heavy (non-hydrogen) atoms. The summed E-state index contributed by atoms with van der Waals surface area (Å²) >= 11 is 1.39. The number of aryl methyl sites for hydroxylation is 1. The zero-order chi connectivity index (χ0) is 16.9. The summed E-state index contributed by atoms with van der Waals surface area (Å²) in [5.74, 6) is 1.12. The molecule has 0 unspecified atom stereocenters. The largest absolute Gasteiger partial charge is 0.376 e. The Hall–Kier alpha value is -1.86. The molecule has 6 nitrogen and oxygen atoms in total. The molecule has 0 spiro atoms. The quantitative estimate of drug-likeness (QED) is 0.812. The Labute approximate surface area is 146 Å². The van der Waals surface area contributed by atoms with Gasteiger partial charge < -0.3 is 14.6 Å². The molecule has 1 saturated heterocycles. The van der Waals surface area contributed by atoms with Gasteiger partial charge in [0.2, 0.25) is 5.91 Å². The van der Waals surface area contributed by atoms with Crippen LogP contribution in [-0.2, 0) is 16.6 Å². The molecule has 1 aromatic heterocycles. The fourth-order valence-electron chi connectivity index (χ4n) is 2.61. The summed E-state index contributed by atoms with van der Waals surface area (Å²) in [6.45, 7) is 3.44. The van der Waals surface area contributed by atoms with Crippen molar-refractivity contribution >= 4 is 17.7 Å². The number of benzene rings is 1. The molecule has 1 amide bonds. The zero-order valence-electron chi connectivity index (χ0n) is 14.0. The van der Waals surface area contributed by atoms with Crippen LogP contribution in [0.4, 0.5) is 0 Å². The first kappa shape index (κ1) is 17.0. The molecule has 0 saturated carbocycles. The van der Waals surface area contributed by atoms with Crippen molar-refractivity contribution in [1.29, 1.82) is 0 Å². The summed E-state index contributed by atoms with van der Waals surface area (Å²) in [4.78, 5) is 12.0. The number of aromatic nitrogens is 3. The molecule has 0 aliphatic carbocycles. The predicted molar refractivity (Wildman–Crippen MR) is 93.9 cm³/mol. The molecule has 7 heteroatoms. The van der Waals surface area contributed by atoms with E-state index in [1.807, 2.05) is 23.7 Å². The van der Waals surface area contributed by atoms with Gasteiger partial charge in [0.25, 0.3) is 0 Å². The Morgan fingerprint density at radius 3 is 2.88 bits per heavy atom. The molecule has 1 N–H and O–H groups in total. The van der Waals surface area contributed by atoms with Gasteiger partial charge in [-0.05, 0) is 19.8 Å². The van der Waals surface area contributed by atoms with E-state index in [0.29, 0.717) is 12.3 Å². The van der Waals surface area contributed by atoms with Crippen molar-refractivity contribution in [3.8, 4) is 11.4 Å². The average Bonchev–Trinajstić information content (AvgIpc) is 3.22. The van der Waals surface area contributed by atoms with E-state index in [1.165, 1.54) is 17.3 Å². The van der Waals surface area contributed by atoms with Crippen LogP contribution in [0, 0.1) is 6.92 Å². The number of ether oxygens (including phenoxy) is 1. The lowest BCUT2D eigenvalue weighted by atomic mass is 10.1. The molecule has 1 atom stereocenters. The zero-order valence-corrected chi connectivity index (χ0v) is 14.8. The maximum atomic E-state index is 12.0. The molecule has 128 valence electrons. The molecule has 1 aliphatic rings. The number of nitrogens with zero attached hydrogens (tertiary/aromatic N) is 3. The van der Waals surface area contributed by atoms with Crippen molar-refractivity contribution < 1.29 is 9.53 Å². The highest BCUT2D eigenvalue weighted by Crippen LogP contribution is 2.22. The van der Waals surface area contributed by atoms with Gasteiger partial charge >= 0.3 is 0 Å². The summed E-state index contributed by atoms with van der Waals surface area (Å²) in [6, 6.07) is 8.16. The topological polar surface area (TPSA) is 69.0 Å². The van der Waals surface area contributed by atoms with E-state index >= 15 is 0 Å². The van der Waals surface area contributed by atoms with Crippen LogP contribution in [0.3, 0.4) is 0 Å². The first-order valence-electron chi connectivity index (χ1n) is 8.11. The second-order valence-corrected chi connectivity index (χ2v) is 6.90. The number of thioether (sulfide) groups is 1. The number of carbonyl (C=O) groups excluding carboxylic acids is 1. The standard InChI is InChI=1S/C17H22N4O2S/c1-12-5-7-13(8-6-12)16-19-20-17(21(16)2)24-11-15(22)18-10-14-4-3-9-23-14/h5-8,14H,3-4,9-11H2,1-2H3,(H,18,22)/t14-/m0/s1. The van der Waals surface area contributed by atoms with Gasteiger partial charge in [-0.1, -0.05) is 41.6 Å². The molecule has 0 bridgehead atoms. The van der Waals surface area contributed by atoms with E-state index in [1.54, 1.807) is 0 Å². The minimum atomic E-state index is -0.00427. The normalized spacial score (nSPS) is 17.2. The van der Waals surface area contributed by atoms with Gasteiger partial charge in [0.15, 0.2) is 11.0 Å². The molecule has 2 aromatic rings. The summed E-state index contributed by atoms with van der Waals surface area (Å²) in [6.07, 6.45) is 2.27. The number of carbonyl (C=O) groups is 1. The van der Waals surface area contributed by atoms with Crippen LogP contribution >= 0.6 is 11.8 Å². The van der Waals surface area contributed by atoms with Crippen molar-refractivity contribution in [3.63, 3.8) is 0 Å². The van der Waals surface area contributed by atoms with E-state index in [-0.39, 0.29) is 12.0 Å². The Morgan fingerprint density at radius 1 is 1.38 bits per heavy atom. The lowest BCUT2D eigenvalue weighted by Crippen LogP contribution is -2.32. The van der Waals surface area contributed by atoms with Crippen LogP contribution in [-0.4, -0.2) is 45.7 Å². The Morgan fingerprint density at radius 2 is 2.17 bits per heavy atom. The van der Waals surface area contributed by atoms with Crippen molar-refractivity contribution in [1.82, 2.24) is 20.1 Å². The summed E-state index contributed by atoms with van der Waals surface area (Å²) < 4.78 is 7.42. The minimum absolute atomic E-state index is 0.00427. The van der Waals surface area contributed by atoms with Gasteiger partial charge in [-0.2, -0.15) is 0 Å². The van der Waals surface area contributed by atoms with Gasteiger partial charge in [0, 0.05) is 25.8 Å². The number of nitrogens with one attached hydrogen (secondary N) is 1. The molecule has 3 rings (SSSR count). The number of hydrogen-bond donors (Lipinski definition) is 1. The Kier molecular flexibility index (Phi) is 5.52.